The summed E-state index contributed by atoms with van der Waals surface area (Å²) in [6.45, 7) is 0. The minimum atomic E-state index is 0.264. The third-order valence-corrected chi connectivity index (χ3v) is 4.99. The van der Waals surface area contributed by atoms with E-state index in [9.17, 15) is 4.79 Å². The van der Waals surface area contributed by atoms with E-state index in [1.807, 2.05) is 0 Å². The topological polar surface area (TPSA) is 17.1 Å². The first-order valence-electron chi connectivity index (χ1n) is 5.78. The van der Waals surface area contributed by atoms with E-state index in [1.54, 1.807) is 0 Å². The van der Waals surface area contributed by atoms with Crippen LogP contribution >= 0.6 is 23.2 Å². The predicted octanol–water partition coefficient (Wildman–Crippen LogP) is 3.70. The van der Waals surface area contributed by atoms with Gasteiger partial charge in [0, 0.05) is 12.3 Å². The SMILES string of the molecule is O=C1CCCC2C3CCC(C3=C(Cl)Cl)[C@H]12. The zero-order valence-corrected chi connectivity index (χ0v) is 10.0. The lowest BCUT2D eigenvalue weighted by atomic mass is 9.70. The Bertz CT molecular complexity index is 344. The first-order chi connectivity index (χ1) is 7.20. The van der Waals surface area contributed by atoms with Gasteiger partial charge in [0.1, 0.15) is 10.3 Å². The highest BCUT2D eigenvalue weighted by Crippen LogP contribution is 2.60. The number of ketones is 1. The van der Waals surface area contributed by atoms with E-state index < -0.39 is 0 Å². The zero-order chi connectivity index (χ0) is 10.6. The maximum atomic E-state index is 11.9. The van der Waals surface area contributed by atoms with E-state index >= 15 is 0 Å². The maximum Gasteiger partial charge on any atom is 0.136 e. The molecule has 0 N–H and O–H groups in total. The lowest BCUT2D eigenvalue weighted by Crippen LogP contribution is -2.33. The van der Waals surface area contributed by atoms with Crippen LogP contribution in [0, 0.1) is 23.7 Å². The van der Waals surface area contributed by atoms with Gasteiger partial charge in [-0.2, -0.15) is 0 Å². The number of rotatable bonds is 0. The fraction of sp³-hybridized carbons (Fsp3) is 0.750. The molecule has 4 atom stereocenters. The Kier molecular flexibility index (Phi) is 2.37. The van der Waals surface area contributed by atoms with Crippen LogP contribution < -0.4 is 0 Å². The summed E-state index contributed by atoms with van der Waals surface area (Å²) >= 11 is 11.9. The lowest BCUT2D eigenvalue weighted by Gasteiger charge is -2.32. The van der Waals surface area contributed by atoms with Gasteiger partial charge in [0.05, 0.1) is 0 Å². The highest BCUT2D eigenvalue weighted by atomic mass is 35.5. The number of fused-ring (bicyclic) bond motifs is 5. The Morgan fingerprint density at radius 3 is 2.53 bits per heavy atom. The van der Waals surface area contributed by atoms with Crippen molar-refractivity contribution in [2.45, 2.75) is 32.1 Å². The Morgan fingerprint density at radius 2 is 1.87 bits per heavy atom. The van der Waals surface area contributed by atoms with Gasteiger partial charge in [0.15, 0.2) is 0 Å². The monoisotopic (exact) mass is 244 g/mol. The van der Waals surface area contributed by atoms with Crippen LogP contribution in [0.3, 0.4) is 0 Å². The van der Waals surface area contributed by atoms with Crippen molar-refractivity contribution in [1.29, 1.82) is 0 Å². The summed E-state index contributed by atoms with van der Waals surface area (Å²) < 4.78 is 0.449. The summed E-state index contributed by atoms with van der Waals surface area (Å²) in [4.78, 5) is 11.9. The summed E-state index contributed by atoms with van der Waals surface area (Å²) in [5.41, 5.74) is 1.21. The second-order valence-corrected chi connectivity index (χ2v) is 6.00. The van der Waals surface area contributed by atoms with Gasteiger partial charge in [-0.3, -0.25) is 4.79 Å². The molecule has 0 aliphatic heterocycles. The summed E-state index contributed by atoms with van der Waals surface area (Å²) in [6, 6.07) is 0. The van der Waals surface area contributed by atoms with Gasteiger partial charge in [0.2, 0.25) is 0 Å². The fourth-order valence-corrected chi connectivity index (χ4v) is 4.67. The number of Topliss-reactive ketones (excluding diaryl/α,β-unsaturated/α-hetero) is 1. The van der Waals surface area contributed by atoms with Crippen molar-refractivity contribution < 1.29 is 4.79 Å². The number of carbonyl (C=O) groups excluding carboxylic acids is 1. The third-order valence-electron chi connectivity index (χ3n) is 4.55. The number of halogens is 2. The number of hydrogen-bond acceptors (Lipinski definition) is 1. The van der Waals surface area contributed by atoms with Crippen LogP contribution in [-0.4, -0.2) is 5.78 Å². The first kappa shape index (κ1) is 10.2. The van der Waals surface area contributed by atoms with Crippen molar-refractivity contribution in [1.82, 2.24) is 0 Å². The molecule has 82 valence electrons. The summed E-state index contributed by atoms with van der Waals surface area (Å²) in [6.07, 6.45) is 5.35. The van der Waals surface area contributed by atoms with Gasteiger partial charge in [0.25, 0.3) is 0 Å². The van der Waals surface area contributed by atoms with E-state index in [-0.39, 0.29) is 5.92 Å². The molecule has 0 aromatic heterocycles. The van der Waals surface area contributed by atoms with Crippen LogP contribution in [0.25, 0.3) is 0 Å². The molecule has 1 nitrogen and oxygen atoms in total. The highest BCUT2D eigenvalue weighted by molar-refractivity contribution is 6.56. The largest absolute Gasteiger partial charge is 0.299 e. The molecule has 0 saturated heterocycles. The molecule has 3 rings (SSSR count). The summed E-state index contributed by atoms with van der Waals surface area (Å²) in [7, 11) is 0. The molecular weight excluding hydrogens is 231 g/mol. The second-order valence-electron chi connectivity index (χ2n) is 5.05. The molecule has 2 bridgehead atoms. The summed E-state index contributed by atoms with van der Waals surface area (Å²) in [5, 5.41) is 0. The molecule has 3 saturated carbocycles. The molecule has 3 heteroatoms. The smallest absolute Gasteiger partial charge is 0.136 e. The first-order valence-corrected chi connectivity index (χ1v) is 6.53. The second kappa shape index (κ2) is 3.49. The van der Waals surface area contributed by atoms with E-state index in [0.717, 1.165) is 19.3 Å². The Morgan fingerprint density at radius 1 is 1.13 bits per heavy atom. The fourth-order valence-electron chi connectivity index (χ4n) is 4.11. The Hall–Kier alpha value is -0.0100. The lowest BCUT2D eigenvalue weighted by molar-refractivity contribution is -0.128. The quantitative estimate of drug-likeness (QED) is 0.636. The predicted molar refractivity (Wildman–Crippen MR) is 60.8 cm³/mol. The molecule has 0 amide bonds. The van der Waals surface area contributed by atoms with Gasteiger partial charge >= 0.3 is 0 Å². The molecule has 15 heavy (non-hydrogen) atoms. The van der Waals surface area contributed by atoms with Crippen molar-refractivity contribution in [3.8, 4) is 0 Å². The molecule has 3 unspecified atom stereocenters. The number of allylic oxidation sites excluding steroid dienone is 1. The normalized spacial score (nSPS) is 43.3. The number of hydrogen-bond donors (Lipinski definition) is 0. The molecule has 0 heterocycles. The molecule has 3 aliphatic rings. The van der Waals surface area contributed by atoms with Crippen LogP contribution in [0.4, 0.5) is 0 Å². The average Bonchev–Trinajstić information content (AvgIpc) is 2.73. The van der Waals surface area contributed by atoms with Crippen molar-refractivity contribution in [2.24, 2.45) is 23.7 Å². The number of carbonyl (C=O) groups is 1. The van der Waals surface area contributed by atoms with Crippen molar-refractivity contribution in [2.75, 3.05) is 0 Å². The van der Waals surface area contributed by atoms with Gasteiger partial charge in [-0.25, -0.2) is 0 Å². The minimum absolute atomic E-state index is 0.264. The van der Waals surface area contributed by atoms with Gasteiger partial charge < -0.3 is 0 Å². The van der Waals surface area contributed by atoms with Crippen LogP contribution in [0.2, 0.25) is 0 Å². The molecule has 0 spiro atoms. The van der Waals surface area contributed by atoms with Crippen molar-refractivity contribution >= 4 is 29.0 Å². The van der Waals surface area contributed by atoms with E-state index in [0.29, 0.717) is 28.0 Å². The van der Waals surface area contributed by atoms with Gasteiger partial charge in [-0.15, -0.1) is 0 Å². The Balaban J connectivity index is 2.02. The highest BCUT2D eigenvalue weighted by Gasteiger charge is 2.55. The summed E-state index contributed by atoms with van der Waals surface area (Å²) in [5.74, 6) is 2.20. The third kappa shape index (κ3) is 1.32. The minimum Gasteiger partial charge on any atom is -0.299 e. The molecule has 0 aromatic carbocycles. The molecule has 0 radical (unpaired) electrons. The molecule has 3 fully saturated rings. The maximum absolute atomic E-state index is 11.9. The average molecular weight is 245 g/mol. The van der Waals surface area contributed by atoms with Crippen LogP contribution in [0.1, 0.15) is 32.1 Å². The van der Waals surface area contributed by atoms with Crippen LogP contribution in [-0.2, 0) is 4.79 Å². The molecular formula is C12H14Cl2O. The van der Waals surface area contributed by atoms with E-state index in [4.69, 9.17) is 23.2 Å². The van der Waals surface area contributed by atoms with Gasteiger partial charge in [-0.1, -0.05) is 23.2 Å². The standard InChI is InChI=1S/C12H14Cl2O/c13-12(14)11-7-4-5-8(11)10-6(7)2-1-3-9(10)15/h6-8,10H,1-5H2/t6?,7?,8?,10-/m1/s1. The zero-order valence-electron chi connectivity index (χ0n) is 8.51. The van der Waals surface area contributed by atoms with E-state index in [1.165, 1.54) is 18.4 Å². The van der Waals surface area contributed by atoms with Crippen LogP contribution in [0.5, 0.6) is 0 Å². The van der Waals surface area contributed by atoms with Crippen LogP contribution in [0.15, 0.2) is 10.1 Å². The molecule has 3 aliphatic carbocycles. The Labute approximate surface area is 99.8 Å². The van der Waals surface area contributed by atoms with Crippen molar-refractivity contribution in [3.05, 3.63) is 10.1 Å². The van der Waals surface area contributed by atoms with E-state index in [2.05, 4.69) is 0 Å². The van der Waals surface area contributed by atoms with Gasteiger partial charge in [-0.05, 0) is 49.0 Å². The van der Waals surface area contributed by atoms with Crippen molar-refractivity contribution in [3.63, 3.8) is 0 Å². The molecule has 0 aromatic rings.